The highest BCUT2D eigenvalue weighted by Gasteiger charge is 2.32. The average Bonchev–Trinajstić information content (AvgIpc) is 2.40. The molecule has 1 heterocycles. The summed E-state index contributed by atoms with van der Waals surface area (Å²) in [4.78, 5) is 25.5. The average molecular weight is 257 g/mol. The minimum Gasteiger partial charge on any atom is -0.508 e. The number of benzene rings is 2. The number of rotatable bonds is 2. The predicted octanol–water partition coefficient (Wildman–Crippen LogP) is 1.13. The second kappa shape index (κ2) is 4.07. The molecule has 0 fully saturated rings. The SMILES string of the molecule is O=C1c2cccc3cc(O)cc(c23)C(=O)N1CCO. The number of hydrogen-bond acceptors (Lipinski definition) is 4. The smallest absolute Gasteiger partial charge is 0.261 e. The highest BCUT2D eigenvalue weighted by Crippen LogP contribution is 2.32. The molecule has 2 N–H and O–H groups in total. The summed E-state index contributed by atoms with van der Waals surface area (Å²) in [7, 11) is 0. The first-order valence-corrected chi connectivity index (χ1v) is 5.86. The second-order valence-corrected chi connectivity index (χ2v) is 4.38. The number of carbonyl (C=O) groups is 2. The van der Waals surface area contributed by atoms with Gasteiger partial charge in [0.2, 0.25) is 0 Å². The zero-order valence-corrected chi connectivity index (χ0v) is 9.96. The van der Waals surface area contributed by atoms with Crippen LogP contribution in [0.5, 0.6) is 5.75 Å². The Labute approximate surface area is 108 Å². The van der Waals surface area contributed by atoms with Crippen LogP contribution in [0.4, 0.5) is 0 Å². The maximum atomic E-state index is 12.2. The molecule has 0 radical (unpaired) electrons. The quantitative estimate of drug-likeness (QED) is 0.791. The standard InChI is InChI=1S/C14H11NO4/c16-5-4-15-13(18)10-3-1-2-8-6-9(17)7-11(12(8)10)14(15)19/h1-3,6-7,16-17H,4-5H2. The molecule has 0 aliphatic carbocycles. The lowest BCUT2D eigenvalue weighted by Gasteiger charge is -2.26. The summed E-state index contributed by atoms with van der Waals surface area (Å²) in [6.07, 6.45) is 0. The van der Waals surface area contributed by atoms with Gasteiger partial charge in [-0.05, 0) is 23.6 Å². The minimum absolute atomic E-state index is 0.0219. The second-order valence-electron chi connectivity index (χ2n) is 4.38. The topological polar surface area (TPSA) is 77.8 Å². The van der Waals surface area contributed by atoms with Gasteiger partial charge in [-0.2, -0.15) is 0 Å². The number of imide groups is 1. The molecule has 0 bridgehead atoms. The van der Waals surface area contributed by atoms with Crippen LogP contribution in [0.3, 0.4) is 0 Å². The molecule has 0 atom stereocenters. The zero-order chi connectivity index (χ0) is 13.6. The van der Waals surface area contributed by atoms with Crippen molar-refractivity contribution in [2.24, 2.45) is 0 Å². The largest absolute Gasteiger partial charge is 0.508 e. The molecule has 0 unspecified atom stereocenters. The Kier molecular flexibility index (Phi) is 2.50. The van der Waals surface area contributed by atoms with Crippen LogP contribution in [0, 0.1) is 0 Å². The van der Waals surface area contributed by atoms with Crippen molar-refractivity contribution in [1.29, 1.82) is 0 Å². The normalized spacial score (nSPS) is 14.3. The zero-order valence-electron chi connectivity index (χ0n) is 9.96. The number of hydrogen-bond donors (Lipinski definition) is 2. The number of nitrogens with zero attached hydrogens (tertiary/aromatic N) is 1. The summed E-state index contributed by atoms with van der Waals surface area (Å²) in [5.41, 5.74) is 0.708. The molecule has 0 saturated carbocycles. The molecule has 96 valence electrons. The number of β-amino-alcohol motifs (C(OH)–C–C–N with tert-alkyl or cyclic N) is 1. The van der Waals surface area contributed by atoms with Crippen LogP contribution in [-0.2, 0) is 0 Å². The Morgan fingerprint density at radius 2 is 1.79 bits per heavy atom. The van der Waals surface area contributed by atoms with E-state index in [-0.39, 0.29) is 18.9 Å². The van der Waals surface area contributed by atoms with Crippen LogP contribution < -0.4 is 0 Å². The van der Waals surface area contributed by atoms with Gasteiger partial charge in [-0.25, -0.2) is 0 Å². The van der Waals surface area contributed by atoms with Crippen LogP contribution in [0.25, 0.3) is 10.8 Å². The highest BCUT2D eigenvalue weighted by molar-refractivity contribution is 6.25. The third-order valence-electron chi connectivity index (χ3n) is 3.24. The summed E-state index contributed by atoms with van der Waals surface area (Å²) >= 11 is 0. The van der Waals surface area contributed by atoms with Gasteiger partial charge in [0.15, 0.2) is 0 Å². The van der Waals surface area contributed by atoms with E-state index >= 15 is 0 Å². The van der Waals surface area contributed by atoms with Crippen molar-refractivity contribution in [3.63, 3.8) is 0 Å². The van der Waals surface area contributed by atoms with Crippen molar-refractivity contribution < 1.29 is 19.8 Å². The van der Waals surface area contributed by atoms with E-state index in [1.807, 2.05) is 0 Å². The van der Waals surface area contributed by atoms with Gasteiger partial charge in [0.25, 0.3) is 11.8 Å². The number of amides is 2. The van der Waals surface area contributed by atoms with Gasteiger partial charge < -0.3 is 10.2 Å². The van der Waals surface area contributed by atoms with Crippen molar-refractivity contribution in [3.05, 3.63) is 41.5 Å². The molecular weight excluding hydrogens is 246 g/mol. The summed E-state index contributed by atoms with van der Waals surface area (Å²) in [5, 5.41) is 19.8. The number of aromatic hydroxyl groups is 1. The fourth-order valence-corrected chi connectivity index (χ4v) is 2.45. The maximum Gasteiger partial charge on any atom is 0.261 e. The molecule has 5 nitrogen and oxygen atoms in total. The molecule has 2 amide bonds. The molecule has 2 aromatic rings. The molecule has 19 heavy (non-hydrogen) atoms. The van der Waals surface area contributed by atoms with Gasteiger partial charge in [0, 0.05) is 10.9 Å². The van der Waals surface area contributed by atoms with Crippen LogP contribution in [0.2, 0.25) is 0 Å². The first kappa shape index (κ1) is 11.7. The number of phenolic OH excluding ortho intramolecular Hbond substituents is 1. The van der Waals surface area contributed by atoms with E-state index in [1.54, 1.807) is 18.2 Å². The van der Waals surface area contributed by atoms with Crippen molar-refractivity contribution in [3.8, 4) is 5.75 Å². The van der Waals surface area contributed by atoms with Crippen LogP contribution >= 0.6 is 0 Å². The van der Waals surface area contributed by atoms with Gasteiger partial charge in [-0.3, -0.25) is 14.5 Å². The third-order valence-corrected chi connectivity index (χ3v) is 3.24. The van der Waals surface area contributed by atoms with E-state index in [9.17, 15) is 14.7 Å². The van der Waals surface area contributed by atoms with Crippen molar-refractivity contribution >= 4 is 22.6 Å². The Bertz CT molecular complexity index is 708. The molecule has 0 aromatic heterocycles. The van der Waals surface area contributed by atoms with Crippen molar-refractivity contribution in [2.45, 2.75) is 0 Å². The van der Waals surface area contributed by atoms with Crippen LogP contribution in [0.15, 0.2) is 30.3 Å². The minimum atomic E-state index is -0.487. The Morgan fingerprint density at radius 3 is 2.53 bits per heavy atom. The fraction of sp³-hybridized carbons (Fsp3) is 0.143. The van der Waals surface area contributed by atoms with E-state index in [4.69, 9.17) is 5.11 Å². The monoisotopic (exact) mass is 257 g/mol. The Hall–Kier alpha value is -2.40. The van der Waals surface area contributed by atoms with Crippen molar-refractivity contribution in [2.75, 3.05) is 13.2 Å². The Morgan fingerprint density at radius 1 is 1.05 bits per heavy atom. The highest BCUT2D eigenvalue weighted by atomic mass is 16.3. The van der Waals surface area contributed by atoms with Crippen LogP contribution in [-0.4, -0.2) is 40.1 Å². The van der Waals surface area contributed by atoms with Gasteiger partial charge in [-0.15, -0.1) is 0 Å². The van der Waals surface area contributed by atoms with E-state index < -0.39 is 11.8 Å². The van der Waals surface area contributed by atoms with E-state index in [0.29, 0.717) is 21.9 Å². The number of phenols is 1. The molecule has 0 saturated heterocycles. The summed E-state index contributed by atoms with van der Waals surface area (Å²) in [6, 6.07) is 7.95. The summed E-state index contributed by atoms with van der Waals surface area (Å²) < 4.78 is 0. The van der Waals surface area contributed by atoms with E-state index in [0.717, 1.165) is 4.90 Å². The molecule has 2 aromatic carbocycles. The van der Waals surface area contributed by atoms with E-state index in [1.165, 1.54) is 12.1 Å². The Balaban J connectivity index is 2.35. The summed E-state index contributed by atoms with van der Waals surface area (Å²) in [5.74, 6) is -0.923. The molecular formula is C14H11NO4. The first-order valence-electron chi connectivity index (χ1n) is 5.86. The molecule has 1 aliphatic rings. The number of aliphatic hydroxyl groups excluding tert-OH is 1. The maximum absolute atomic E-state index is 12.2. The molecule has 1 aliphatic heterocycles. The van der Waals surface area contributed by atoms with Gasteiger partial charge in [-0.1, -0.05) is 12.1 Å². The number of carbonyl (C=O) groups excluding carboxylic acids is 2. The lowest BCUT2D eigenvalue weighted by atomic mass is 9.94. The lowest BCUT2D eigenvalue weighted by molar-refractivity contribution is 0.0580. The van der Waals surface area contributed by atoms with Gasteiger partial charge >= 0.3 is 0 Å². The van der Waals surface area contributed by atoms with Crippen molar-refractivity contribution in [1.82, 2.24) is 4.90 Å². The first-order chi connectivity index (χ1) is 9.13. The van der Waals surface area contributed by atoms with Gasteiger partial charge in [0.1, 0.15) is 5.75 Å². The van der Waals surface area contributed by atoms with E-state index in [2.05, 4.69) is 0 Å². The lowest BCUT2D eigenvalue weighted by Crippen LogP contribution is -2.41. The fourth-order valence-electron chi connectivity index (χ4n) is 2.45. The molecule has 0 spiro atoms. The summed E-state index contributed by atoms with van der Waals surface area (Å²) in [6.45, 7) is -0.343. The third kappa shape index (κ3) is 1.59. The van der Waals surface area contributed by atoms with Gasteiger partial charge in [0.05, 0.1) is 18.7 Å². The number of aliphatic hydroxyl groups is 1. The molecule has 3 rings (SSSR count). The predicted molar refractivity (Wildman–Crippen MR) is 68.1 cm³/mol. The van der Waals surface area contributed by atoms with Crippen LogP contribution in [0.1, 0.15) is 20.7 Å². The molecule has 5 heteroatoms.